The zero-order valence-electron chi connectivity index (χ0n) is 12.6. The summed E-state index contributed by atoms with van der Waals surface area (Å²) in [5, 5.41) is 0. The molecule has 0 radical (unpaired) electrons. The Kier molecular flexibility index (Phi) is 3.88. The van der Waals surface area contributed by atoms with Crippen LogP contribution in [-0.4, -0.2) is 28.1 Å². The third kappa shape index (κ3) is 3.21. The number of carbonyl (C=O) groups is 1. The zero-order chi connectivity index (χ0) is 14.9. The summed E-state index contributed by atoms with van der Waals surface area (Å²) in [4.78, 5) is 18.2. The molecule has 2 rings (SSSR count). The van der Waals surface area contributed by atoms with E-state index >= 15 is 0 Å². The van der Waals surface area contributed by atoms with Crippen LogP contribution in [0.4, 0.5) is 10.6 Å². The number of carbonyl (C=O) groups excluding carboxylic acids is 1. The first-order valence-corrected chi connectivity index (χ1v) is 6.99. The van der Waals surface area contributed by atoms with Crippen LogP contribution in [0.15, 0.2) is 12.3 Å². The molecule has 1 aliphatic rings. The summed E-state index contributed by atoms with van der Waals surface area (Å²) in [5.74, 6) is 0.538. The summed E-state index contributed by atoms with van der Waals surface area (Å²) >= 11 is 0. The standard InChI is InChI=1S/C15H23N3O2/c1-10-8-11(9-17-13(10)16)12-6-5-7-18(12)14(19)20-15(2,3)4/h8-9,12H,5-7H2,1-4H3,(H2,16,17)/t12-/m1/s1. The molecule has 110 valence electrons. The van der Waals surface area contributed by atoms with E-state index in [1.807, 2.05) is 33.8 Å². The summed E-state index contributed by atoms with van der Waals surface area (Å²) < 4.78 is 5.47. The fraction of sp³-hybridized carbons (Fsp3) is 0.600. The second-order valence-electron chi connectivity index (χ2n) is 6.30. The van der Waals surface area contributed by atoms with Gasteiger partial charge in [-0.2, -0.15) is 0 Å². The predicted octanol–water partition coefficient (Wildman–Crippen LogP) is 3.04. The number of amides is 1. The van der Waals surface area contributed by atoms with Crippen LogP contribution in [0.25, 0.3) is 0 Å². The van der Waals surface area contributed by atoms with Gasteiger partial charge in [-0.1, -0.05) is 0 Å². The number of nitrogens with zero attached hydrogens (tertiary/aromatic N) is 2. The number of aryl methyl sites for hydroxylation is 1. The molecule has 1 amide bonds. The lowest BCUT2D eigenvalue weighted by Crippen LogP contribution is -2.36. The molecule has 1 saturated heterocycles. The van der Waals surface area contributed by atoms with Gasteiger partial charge in [-0.15, -0.1) is 0 Å². The van der Waals surface area contributed by atoms with Crippen molar-refractivity contribution < 1.29 is 9.53 Å². The topological polar surface area (TPSA) is 68.5 Å². The second kappa shape index (κ2) is 5.31. The van der Waals surface area contributed by atoms with Gasteiger partial charge in [0.15, 0.2) is 0 Å². The first-order valence-electron chi connectivity index (χ1n) is 6.99. The Morgan fingerprint density at radius 2 is 2.20 bits per heavy atom. The van der Waals surface area contributed by atoms with Gasteiger partial charge >= 0.3 is 6.09 Å². The van der Waals surface area contributed by atoms with Crippen LogP contribution in [-0.2, 0) is 4.74 Å². The molecular weight excluding hydrogens is 254 g/mol. The highest BCUT2D eigenvalue weighted by Gasteiger charge is 2.33. The Morgan fingerprint density at radius 1 is 1.50 bits per heavy atom. The molecule has 1 aromatic heterocycles. The number of rotatable bonds is 1. The largest absolute Gasteiger partial charge is 0.444 e. The normalized spacial score (nSPS) is 19.2. The highest BCUT2D eigenvalue weighted by molar-refractivity contribution is 5.69. The van der Waals surface area contributed by atoms with Crippen molar-refractivity contribution in [3.05, 3.63) is 23.4 Å². The molecule has 2 N–H and O–H groups in total. The fourth-order valence-electron chi connectivity index (χ4n) is 2.44. The van der Waals surface area contributed by atoms with E-state index in [9.17, 15) is 4.79 Å². The van der Waals surface area contributed by atoms with E-state index in [0.29, 0.717) is 5.82 Å². The molecule has 0 bridgehead atoms. The number of hydrogen-bond acceptors (Lipinski definition) is 4. The minimum Gasteiger partial charge on any atom is -0.444 e. The summed E-state index contributed by atoms with van der Waals surface area (Å²) in [5.41, 5.74) is 7.25. The number of hydrogen-bond donors (Lipinski definition) is 1. The quantitative estimate of drug-likeness (QED) is 0.856. The van der Waals surface area contributed by atoms with Crippen LogP contribution in [0, 0.1) is 6.92 Å². The number of likely N-dealkylation sites (tertiary alicyclic amines) is 1. The molecule has 1 aromatic rings. The number of nitrogen functional groups attached to an aromatic ring is 1. The molecule has 5 heteroatoms. The van der Waals surface area contributed by atoms with Crippen molar-refractivity contribution in [2.24, 2.45) is 0 Å². The summed E-state index contributed by atoms with van der Waals surface area (Å²) in [7, 11) is 0. The fourth-order valence-corrected chi connectivity index (χ4v) is 2.44. The third-order valence-corrected chi connectivity index (χ3v) is 3.41. The highest BCUT2D eigenvalue weighted by Crippen LogP contribution is 2.33. The SMILES string of the molecule is Cc1cc([C@H]2CCCN2C(=O)OC(C)(C)C)cnc1N. The number of ether oxygens (including phenoxy) is 1. The number of nitrogens with two attached hydrogens (primary N) is 1. The lowest BCUT2D eigenvalue weighted by molar-refractivity contribution is 0.0224. The smallest absolute Gasteiger partial charge is 0.410 e. The van der Waals surface area contributed by atoms with Gasteiger partial charge in [0.05, 0.1) is 6.04 Å². The molecule has 1 atom stereocenters. The average molecular weight is 277 g/mol. The maximum absolute atomic E-state index is 12.3. The Labute approximate surface area is 120 Å². The Bertz CT molecular complexity index is 508. The van der Waals surface area contributed by atoms with E-state index < -0.39 is 5.60 Å². The minimum atomic E-state index is -0.473. The van der Waals surface area contributed by atoms with Crippen molar-refractivity contribution in [2.75, 3.05) is 12.3 Å². The van der Waals surface area contributed by atoms with Gasteiger partial charge in [0.1, 0.15) is 11.4 Å². The molecule has 0 saturated carbocycles. The van der Waals surface area contributed by atoms with E-state index in [4.69, 9.17) is 10.5 Å². The van der Waals surface area contributed by atoms with E-state index in [2.05, 4.69) is 4.98 Å². The van der Waals surface area contributed by atoms with Crippen molar-refractivity contribution in [3.8, 4) is 0 Å². The van der Waals surface area contributed by atoms with Crippen LogP contribution >= 0.6 is 0 Å². The van der Waals surface area contributed by atoms with Crippen molar-refractivity contribution in [1.82, 2.24) is 9.88 Å². The first kappa shape index (κ1) is 14.6. The third-order valence-electron chi connectivity index (χ3n) is 3.41. The molecule has 1 aliphatic heterocycles. The Balaban J connectivity index is 2.18. The maximum atomic E-state index is 12.3. The van der Waals surface area contributed by atoms with Crippen LogP contribution in [0.3, 0.4) is 0 Å². The average Bonchev–Trinajstić information content (AvgIpc) is 2.79. The van der Waals surface area contributed by atoms with Gasteiger partial charge in [0.25, 0.3) is 0 Å². The molecule has 0 spiro atoms. The van der Waals surface area contributed by atoms with Crippen molar-refractivity contribution in [3.63, 3.8) is 0 Å². The predicted molar refractivity (Wildman–Crippen MR) is 78.3 cm³/mol. The van der Waals surface area contributed by atoms with Gasteiger partial charge in [-0.25, -0.2) is 9.78 Å². The summed E-state index contributed by atoms with van der Waals surface area (Å²) in [6.07, 6.45) is 3.42. The van der Waals surface area contributed by atoms with Crippen molar-refractivity contribution in [2.45, 2.75) is 52.2 Å². The molecular formula is C15H23N3O2. The van der Waals surface area contributed by atoms with Gasteiger partial charge in [-0.05, 0) is 57.7 Å². The monoisotopic (exact) mass is 277 g/mol. The van der Waals surface area contributed by atoms with Gasteiger partial charge in [0.2, 0.25) is 0 Å². The van der Waals surface area contributed by atoms with E-state index in [1.165, 1.54) is 0 Å². The highest BCUT2D eigenvalue weighted by atomic mass is 16.6. The van der Waals surface area contributed by atoms with Gasteiger partial charge in [-0.3, -0.25) is 0 Å². The van der Waals surface area contributed by atoms with E-state index in [0.717, 1.165) is 30.5 Å². The number of aromatic nitrogens is 1. The Hall–Kier alpha value is -1.78. The first-order chi connectivity index (χ1) is 9.28. The van der Waals surface area contributed by atoms with E-state index in [-0.39, 0.29) is 12.1 Å². The molecule has 0 unspecified atom stereocenters. The molecule has 2 heterocycles. The van der Waals surface area contributed by atoms with Crippen LogP contribution in [0.2, 0.25) is 0 Å². The van der Waals surface area contributed by atoms with Crippen LogP contribution in [0.1, 0.15) is 50.8 Å². The van der Waals surface area contributed by atoms with Crippen molar-refractivity contribution >= 4 is 11.9 Å². The maximum Gasteiger partial charge on any atom is 0.410 e. The summed E-state index contributed by atoms with van der Waals surface area (Å²) in [6, 6.07) is 2.05. The second-order valence-corrected chi connectivity index (χ2v) is 6.30. The van der Waals surface area contributed by atoms with Crippen LogP contribution in [0.5, 0.6) is 0 Å². The molecule has 20 heavy (non-hydrogen) atoms. The lowest BCUT2D eigenvalue weighted by Gasteiger charge is -2.28. The molecule has 0 aromatic carbocycles. The molecule has 5 nitrogen and oxygen atoms in total. The van der Waals surface area contributed by atoms with E-state index in [1.54, 1.807) is 11.1 Å². The van der Waals surface area contributed by atoms with Gasteiger partial charge < -0.3 is 15.4 Å². The lowest BCUT2D eigenvalue weighted by atomic mass is 10.1. The molecule has 1 fully saturated rings. The molecule has 0 aliphatic carbocycles. The Morgan fingerprint density at radius 3 is 2.80 bits per heavy atom. The van der Waals surface area contributed by atoms with Gasteiger partial charge in [0, 0.05) is 12.7 Å². The zero-order valence-corrected chi connectivity index (χ0v) is 12.6. The van der Waals surface area contributed by atoms with Crippen molar-refractivity contribution in [1.29, 1.82) is 0 Å². The minimum absolute atomic E-state index is 0.0386. The van der Waals surface area contributed by atoms with Crippen LogP contribution < -0.4 is 5.73 Å². The summed E-state index contributed by atoms with van der Waals surface area (Å²) in [6.45, 7) is 8.29. The number of pyridine rings is 1. The number of anilines is 1.